The van der Waals surface area contributed by atoms with Crippen LogP contribution >= 0.6 is 0 Å². The number of carbonyl (C=O) groups is 2. The van der Waals surface area contributed by atoms with Crippen molar-refractivity contribution >= 4 is 11.8 Å². The first-order valence-electron chi connectivity index (χ1n) is 11.1. The highest BCUT2D eigenvalue weighted by Gasteiger charge is 2.31. The van der Waals surface area contributed by atoms with Crippen molar-refractivity contribution in [2.45, 2.75) is 32.2 Å². The second kappa shape index (κ2) is 8.22. The number of likely N-dealkylation sites (tertiary alicyclic amines) is 1. The standard InChI is InChI=1S/C28H23FN2O2/c1-2-7-25(32)31-13-6-12-24(31)18-9-5-10-19(14-18)26-23(29)16-22(28(30)33)21-15-17-8-3-4-11-20(17)27(21)26/h3-5,8-11,14,16,24H,6,12-13,15H2,1H3,(H2,30,33). The van der Waals surface area contributed by atoms with Crippen molar-refractivity contribution in [3.8, 4) is 34.1 Å². The van der Waals surface area contributed by atoms with E-state index in [9.17, 15) is 9.59 Å². The Kier molecular flexibility index (Phi) is 5.22. The number of primary amides is 1. The number of hydrogen-bond acceptors (Lipinski definition) is 2. The van der Waals surface area contributed by atoms with Crippen molar-refractivity contribution in [2.24, 2.45) is 5.73 Å². The van der Waals surface area contributed by atoms with Crippen LogP contribution in [-0.4, -0.2) is 23.3 Å². The first-order chi connectivity index (χ1) is 16.0. The predicted octanol–water partition coefficient (Wildman–Crippen LogP) is 4.85. The molecule has 164 valence electrons. The molecule has 0 radical (unpaired) electrons. The lowest BCUT2D eigenvalue weighted by Gasteiger charge is -2.24. The van der Waals surface area contributed by atoms with E-state index in [0.29, 0.717) is 18.5 Å². The summed E-state index contributed by atoms with van der Waals surface area (Å²) in [5.74, 6) is 4.03. The monoisotopic (exact) mass is 438 g/mol. The van der Waals surface area contributed by atoms with E-state index in [1.807, 2.05) is 48.5 Å². The summed E-state index contributed by atoms with van der Waals surface area (Å²) in [6.07, 6.45) is 2.28. The number of benzene rings is 3. The molecule has 2 N–H and O–H groups in total. The lowest BCUT2D eigenvalue weighted by Crippen LogP contribution is -2.29. The summed E-state index contributed by atoms with van der Waals surface area (Å²) in [5.41, 5.74) is 11.4. The van der Waals surface area contributed by atoms with Crippen LogP contribution in [0.2, 0.25) is 0 Å². The van der Waals surface area contributed by atoms with Gasteiger partial charge in [0.2, 0.25) is 5.91 Å². The molecule has 0 spiro atoms. The average Bonchev–Trinajstić information content (AvgIpc) is 3.44. The molecule has 1 saturated heterocycles. The van der Waals surface area contributed by atoms with Crippen molar-refractivity contribution in [2.75, 3.05) is 6.54 Å². The molecular formula is C28H23FN2O2. The highest BCUT2D eigenvalue weighted by atomic mass is 19.1. The van der Waals surface area contributed by atoms with Crippen molar-refractivity contribution in [1.82, 2.24) is 4.90 Å². The van der Waals surface area contributed by atoms with E-state index in [1.165, 1.54) is 6.07 Å². The fraction of sp³-hybridized carbons (Fsp3) is 0.214. The summed E-state index contributed by atoms with van der Waals surface area (Å²) in [4.78, 5) is 26.4. The van der Waals surface area contributed by atoms with Crippen LogP contribution in [0.5, 0.6) is 0 Å². The Morgan fingerprint density at radius 1 is 1.09 bits per heavy atom. The summed E-state index contributed by atoms with van der Waals surface area (Å²) in [6, 6.07) is 16.7. The Bertz CT molecular complexity index is 1370. The summed E-state index contributed by atoms with van der Waals surface area (Å²) in [6.45, 7) is 2.31. The van der Waals surface area contributed by atoms with Crippen LogP contribution in [0.1, 0.15) is 52.9 Å². The quantitative estimate of drug-likeness (QED) is 0.465. The lowest BCUT2D eigenvalue weighted by molar-refractivity contribution is -0.126. The Morgan fingerprint density at radius 3 is 2.70 bits per heavy atom. The summed E-state index contributed by atoms with van der Waals surface area (Å²) in [7, 11) is 0. The van der Waals surface area contributed by atoms with Gasteiger partial charge in [0.15, 0.2) is 0 Å². The molecule has 1 aliphatic heterocycles. The second-order valence-corrected chi connectivity index (χ2v) is 8.49. The molecule has 2 amide bonds. The zero-order chi connectivity index (χ0) is 23.1. The van der Waals surface area contributed by atoms with Gasteiger partial charge in [-0.3, -0.25) is 9.59 Å². The van der Waals surface area contributed by atoms with Crippen LogP contribution in [0.15, 0.2) is 54.6 Å². The topological polar surface area (TPSA) is 63.4 Å². The summed E-state index contributed by atoms with van der Waals surface area (Å²) in [5, 5.41) is 0. The maximum absolute atomic E-state index is 15.6. The molecule has 3 aromatic carbocycles. The summed E-state index contributed by atoms with van der Waals surface area (Å²) >= 11 is 0. The molecule has 1 atom stereocenters. The van der Waals surface area contributed by atoms with E-state index in [4.69, 9.17) is 5.73 Å². The fourth-order valence-corrected chi connectivity index (χ4v) is 5.22. The molecule has 1 fully saturated rings. The molecule has 2 aliphatic rings. The van der Waals surface area contributed by atoms with Crippen LogP contribution < -0.4 is 5.73 Å². The molecule has 0 aromatic heterocycles. The minimum absolute atomic E-state index is 0.0911. The van der Waals surface area contributed by atoms with E-state index >= 15 is 4.39 Å². The predicted molar refractivity (Wildman–Crippen MR) is 126 cm³/mol. The van der Waals surface area contributed by atoms with Crippen molar-refractivity contribution < 1.29 is 14.0 Å². The van der Waals surface area contributed by atoms with Crippen LogP contribution in [0.25, 0.3) is 22.3 Å². The average molecular weight is 439 g/mol. The molecule has 0 bridgehead atoms. The number of halogens is 1. The number of rotatable bonds is 3. The van der Waals surface area contributed by atoms with E-state index in [2.05, 4.69) is 11.8 Å². The van der Waals surface area contributed by atoms with Gasteiger partial charge in [0.1, 0.15) is 5.82 Å². The maximum atomic E-state index is 15.6. The SMILES string of the molecule is CC#CC(=O)N1CCCC1c1cccc(-c2c(F)cc(C(N)=O)c3c2-c2ccccc2C3)c1. The number of fused-ring (bicyclic) bond motifs is 3. The third kappa shape index (κ3) is 3.48. The van der Waals surface area contributed by atoms with E-state index < -0.39 is 11.7 Å². The first kappa shape index (κ1) is 21.0. The number of nitrogens with two attached hydrogens (primary N) is 1. The number of nitrogens with zero attached hydrogens (tertiary/aromatic N) is 1. The molecule has 0 saturated carbocycles. The van der Waals surface area contributed by atoms with Crippen LogP contribution in [-0.2, 0) is 11.2 Å². The van der Waals surface area contributed by atoms with Crippen LogP contribution in [0, 0.1) is 17.7 Å². The molecule has 5 heteroatoms. The van der Waals surface area contributed by atoms with E-state index in [-0.39, 0.29) is 17.5 Å². The largest absolute Gasteiger partial charge is 0.366 e. The van der Waals surface area contributed by atoms with Gasteiger partial charge in [0.05, 0.1) is 6.04 Å². The number of amides is 2. The van der Waals surface area contributed by atoms with E-state index in [0.717, 1.165) is 46.2 Å². The minimum Gasteiger partial charge on any atom is -0.366 e. The Labute approximate surface area is 192 Å². The van der Waals surface area contributed by atoms with E-state index in [1.54, 1.807) is 11.8 Å². The normalized spacial score (nSPS) is 16.1. The maximum Gasteiger partial charge on any atom is 0.298 e. The van der Waals surface area contributed by atoms with Crippen molar-refractivity contribution in [3.63, 3.8) is 0 Å². The third-order valence-electron chi connectivity index (χ3n) is 6.61. The highest BCUT2D eigenvalue weighted by Crippen LogP contribution is 2.46. The molecule has 33 heavy (non-hydrogen) atoms. The Balaban J connectivity index is 1.66. The molecule has 1 aliphatic carbocycles. The lowest BCUT2D eigenvalue weighted by atomic mass is 9.89. The van der Waals surface area contributed by atoms with Gasteiger partial charge < -0.3 is 10.6 Å². The molecule has 1 unspecified atom stereocenters. The van der Waals surface area contributed by atoms with Gasteiger partial charge in [-0.15, -0.1) is 0 Å². The molecule has 3 aromatic rings. The van der Waals surface area contributed by atoms with Gasteiger partial charge >= 0.3 is 0 Å². The van der Waals surface area contributed by atoms with Gasteiger partial charge in [-0.1, -0.05) is 48.4 Å². The van der Waals surface area contributed by atoms with Gasteiger partial charge in [-0.05, 0) is 77.6 Å². The van der Waals surface area contributed by atoms with Crippen molar-refractivity contribution in [3.05, 3.63) is 82.7 Å². The zero-order valence-electron chi connectivity index (χ0n) is 18.3. The Morgan fingerprint density at radius 2 is 1.91 bits per heavy atom. The smallest absolute Gasteiger partial charge is 0.298 e. The number of carbonyl (C=O) groups excluding carboxylic acids is 2. The zero-order valence-corrected chi connectivity index (χ0v) is 18.3. The third-order valence-corrected chi connectivity index (χ3v) is 6.61. The molecule has 1 heterocycles. The molecule has 5 rings (SSSR count). The second-order valence-electron chi connectivity index (χ2n) is 8.49. The Hall–Kier alpha value is -3.91. The molecular weight excluding hydrogens is 415 g/mol. The van der Waals surface area contributed by atoms with Gasteiger partial charge in [0, 0.05) is 17.7 Å². The van der Waals surface area contributed by atoms with Gasteiger partial charge in [-0.2, -0.15) is 0 Å². The van der Waals surface area contributed by atoms with Crippen molar-refractivity contribution in [1.29, 1.82) is 0 Å². The first-order valence-corrected chi connectivity index (χ1v) is 11.1. The van der Waals surface area contributed by atoms with Crippen LogP contribution in [0.4, 0.5) is 4.39 Å². The minimum atomic E-state index is -0.629. The van der Waals surface area contributed by atoms with Gasteiger partial charge in [0.25, 0.3) is 5.91 Å². The van der Waals surface area contributed by atoms with Gasteiger partial charge in [-0.25, -0.2) is 4.39 Å². The number of hydrogen-bond donors (Lipinski definition) is 1. The fourth-order valence-electron chi connectivity index (χ4n) is 5.22. The highest BCUT2D eigenvalue weighted by molar-refractivity contribution is 6.02. The molecule has 4 nitrogen and oxygen atoms in total. The summed E-state index contributed by atoms with van der Waals surface area (Å²) < 4.78 is 15.6. The van der Waals surface area contributed by atoms with Crippen LogP contribution in [0.3, 0.4) is 0 Å².